The largest absolute Gasteiger partial charge is 0.343 e. The van der Waals surface area contributed by atoms with Crippen LogP contribution in [-0.4, -0.2) is 34.8 Å². The van der Waals surface area contributed by atoms with Crippen molar-refractivity contribution in [1.82, 2.24) is 15.2 Å². The number of carbonyl (C=O) groups excluding carboxylic acids is 2. The first kappa shape index (κ1) is 22.5. The summed E-state index contributed by atoms with van der Waals surface area (Å²) in [7, 11) is 0. The lowest BCUT2D eigenvalue weighted by atomic mass is 9.93. The fourth-order valence-corrected chi connectivity index (χ4v) is 5.20. The van der Waals surface area contributed by atoms with Crippen LogP contribution in [0.15, 0.2) is 48.7 Å². The summed E-state index contributed by atoms with van der Waals surface area (Å²) < 4.78 is 0. The first-order valence-corrected chi connectivity index (χ1v) is 12.2. The molecule has 1 saturated heterocycles. The fourth-order valence-electron chi connectivity index (χ4n) is 5.20. The Kier molecular flexibility index (Phi) is 7.56. The molecule has 5 nitrogen and oxygen atoms in total. The number of aryl methyl sites for hydroxylation is 1. The standard InChI is InChI=1S/C27H35N3O2/c1-20-8-2-5-11-23(20)26(24-12-6-7-17-28-24)29-27(32)22-15-18-30(19-16-22)25(31)14-13-21-9-3-4-10-21/h2,5-8,11-12,17,21-22,26H,3-4,9-10,13-16,18-19H2,1H3,(H,29,32). The van der Waals surface area contributed by atoms with E-state index in [-0.39, 0.29) is 23.8 Å². The molecule has 2 aromatic rings. The molecule has 1 atom stereocenters. The molecular weight excluding hydrogens is 398 g/mol. The quantitative estimate of drug-likeness (QED) is 0.682. The van der Waals surface area contributed by atoms with E-state index in [0.29, 0.717) is 19.5 Å². The summed E-state index contributed by atoms with van der Waals surface area (Å²) >= 11 is 0. The summed E-state index contributed by atoms with van der Waals surface area (Å²) in [6, 6.07) is 13.7. The summed E-state index contributed by atoms with van der Waals surface area (Å²) in [4.78, 5) is 32.3. The van der Waals surface area contributed by atoms with Gasteiger partial charge in [-0.1, -0.05) is 56.0 Å². The lowest BCUT2D eigenvalue weighted by Crippen LogP contribution is -2.44. The minimum absolute atomic E-state index is 0.0574. The minimum Gasteiger partial charge on any atom is -0.343 e. The Bertz CT molecular complexity index is 900. The van der Waals surface area contributed by atoms with E-state index in [1.807, 2.05) is 35.2 Å². The second-order valence-corrected chi connectivity index (χ2v) is 9.40. The highest BCUT2D eigenvalue weighted by atomic mass is 16.2. The van der Waals surface area contributed by atoms with Crippen molar-refractivity contribution in [2.45, 2.75) is 64.3 Å². The van der Waals surface area contributed by atoms with E-state index in [1.54, 1.807) is 6.20 Å². The molecule has 1 aliphatic carbocycles. The molecule has 1 aliphatic heterocycles. The van der Waals surface area contributed by atoms with Crippen LogP contribution in [0, 0.1) is 18.8 Å². The van der Waals surface area contributed by atoms with Crippen LogP contribution in [0.25, 0.3) is 0 Å². The molecule has 32 heavy (non-hydrogen) atoms. The summed E-state index contributed by atoms with van der Waals surface area (Å²) in [6.45, 7) is 3.42. The number of hydrogen-bond donors (Lipinski definition) is 1. The molecule has 0 bridgehead atoms. The highest BCUT2D eigenvalue weighted by molar-refractivity contribution is 5.81. The lowest BCUT2D eigenvalue weighted by molar-refractivity contribution is -0.136. The number of aromatic nitrogens is 1. The third-order valence-corrected chi connectivity index (χ3v) is 7.23. The zero-order chi connectivity index (χ0) is 22.3. The Morgan fingerprint density at radius 2 is 1.75 bits per heavy atom. The first-order chi connectivity index (χ1) is 15.6. The maximum atomic E-state index is 13.2. The number of hydrogen-bond acceptors (Lipinski definition) is 3. The Hall–Kier alpha value is -2.69. The van der Waals surface area contributed by atoms with Crippen LogP contribution in [-0.2, 0) is 9.59 Å². The molecular formula is C27H35N3O2. The fraction of sp³-hybridized carbons (Fsp3) is 0.519. The smallest absolute Gasteiger partial charge is 0.224 e. The van der Waals surface area contributed by atoms with Crippen molar-refractivity contribution in [1.29, 1.82) is 0 Å². The van der Waals surface area contributed by atoms with Crippen molar-refractivity contribution in [3.05, 3.63) is 65.5 Å². The Morgan fingerprint density at radius 3 is 2.44 bits per heavy atom. The molecule has 2 heterocycles. The molecule has 0 radical (unpaired) electrons. The summed E-state index contributed by atoms with van der Waals surface area (Å²) in [5.74, 6) is 1.00. The maximum Gasteiger partial charge on any atom is 0.224 e. The molecule has 2 amide bonds. The second kappa shape index (κ2) is 10.8. The van der Waals surface area contributed by atoms with Crippen molar-refractivity contribution in [3.8, 4) is 0 Å². The topological polar surface area (TPSA) is 62.3 Å². The highest BCUT2D eigenvalue weighted by Gasteiger charge is 2.30. The van der Waals surface area contributed by atoms with Gasteiger partial charge in [-0.25, -0.2) is 0 Å². The molecule has 0 spiro atoms. The van der Waals surface area contributed by atoms with Gasteiger partial charge in [0.05, 0.1) is 11.7 Å². The van der Waals surface area contributed by atoms with Gasteiger partial charge in [0.2, 0.25) is 11.8 Å². The van der Waals surface area contributed by atoms with Crippen LogP contribution in [0.5, 0.6) is 0 Å². The Labute approximate surface area is 191 Å². The number of carbonyl (C=O) groups is 2. The van der Waals surface area contributed by atoms with Gasteiger partial charge in [-0.2, -0.15) is 0 Å². The maximum absolute atomic E-state index is 13.2. The summed E-state index contributed by atoms with van der Waals surface area (Å²) in [5, 5.41) is 3.26. The van der Waals surface area contributed by atoms with E-state index in [1.165, 1.54) is 25.7 Å². The SMILES string of the molecule is Cc1ccccc1C(NC(=O)C1CCN(C(=O)CCC2CCCC2)CC1)c1ccccn1. The summed E-state index contributed by atoms with van der Waals surface area (Å²) in [5.41, 5.74) is 3.04. The van der Waals surface area contributed by atoms with Gasteiger partial charge in [-0.3, -0.25) is 14.6 Å². The van der Waals surface area contributed by atoms with E-state index in [2.05, 4.69) is 29.4 Å². The van der Waals surface area contributed by atoms with Crippen LogP contribution in [0.1, 0.15) is 74.2 Å². The number of piperidine rings is 1. The predicted octanol–water partition coefficient (Wildman–Crippen LogP) is 4.80. The van der Waals surface area contributed by atoms with Crippen LogP contribution in [0.2, 0.25) is 0 Å². The number of nitrogens with zero attached hydrogens (tertiary/aromatic N) is 2. The van der Waals surface area contributed by atoms with E-state index >= 15 is 0 Å². The molecule has 1 N–H and O–H groups in total. The van der Waals surface area contributed by atoms with E-state index in [9.17, 15) is 9.59 Å². The van der Waals surface area contributed by atoms with Gasteiger partial charge < -0.3 is 10.2 Å². The first-order valence-electron chi connectivity index (χ1n) is 12.2. The zero-order valence-corrected chi connectivity index (χ0v) is 19.1. The van der Waals surface area contributed by atoms with Gasteiger partial charge in [-0.15, -0.1) is 0 Å². The van der Waals surface area contributed by atoms with Crippen LogP contribution in [0.3, 0.4) is 0 Å². The van der Waals surface area contributed by atoms with E-state index < -0.39 is 0 Å². The minimum atomic E-state index is -0.268. The van der Waals surface area contributed by atoms with Gasteiger partial charge in [-0.05, 0) is 55.4 Å². The predicted molar refractivity (Wildman–Crippen MR) is 126 cm³/mol. The van der Waals surface area contributed by atoms with E-state index in [0.717, 1.165) is 42.0 Å². The number of likely N-dealkylation sites (tertiary alicyclic amines) is 1. The normalized spacial score (nSPS) is 18.5. The van der Waals surface area contributed by atoms with Gasteiger partial charge in [0, 0.05) is 31.6 Å². The molecule has 2 aliphatic rings. The Balaban J connectivity index is 1.34. The molecule has 1 saturated carbocycles. The Morgan fingerprint density at radius 1 is 1.03 bits per heavy atom. The average Bonchev–Trinajstić information content (AvgIpc) is 3.36. The van der Waals surface area contributed by atoms with Crippen molar-refractivity contribution in [2.75, 3.05) is 13.1 Å². The number of benzene rings is 1. The molecule has 170 valence electrons. The molecule has 1 unspecified atom stereocenters. The molecule has 4 rings (SSSR count). The van der Waals surface area contributed by atoms with Crippen molar-refractivity contribution in [3.63, 3.8) is 0 Å². The molecule has 5 heteroatoms. The third kappa shape index (κ3) is 5.56. The van der Waals surface area contributed by atoms with Gasteiger partial charge >= 0.3 is 0 Å². The van der Waals surface area contributed by atoms with Gasteiger partial charge in [0.1, 0.15) is 0 Å². The zero-order valence-electron chi connectivity index (χ0n) is 19.1. The number of nitrogens with one attached hydrogen (secondary N) is 1. The second-order valence-electron chi connectivity index (χ2n) is 9.40. The monoisotopic (exact) mass is 433 g/mol. The number of rotatable bonds is 7. The molecule has 1 aromatic heterocycles. The number of amides is 2. The molecule has 1 aromatic carbocycles. The third-order valence-electron chi connectivity index (χ3n) is 7.23. The van der Waals surface area contributed by atoms with Crippen molar-refractivity contribution in [2.24, 2.45) is 11.8 Å². The van der Waals surface area contributed by atoms with Crippen LogP contribution < -0.4 is 5.32 Å². The summed E-state index contributed by atoms with van der Waals surface area (Å²) in [6.07, 6.45) is 10.1. The molecule has 2 fully saturated rings. The average molecular weight is 434 g/mol. The lowest BCUT2D eigenvalue weighted by Gasteiger charge is -2.32. The van der Waals surface area contributed by atoms with Gasteiger partial charge in [0.25, 0.3) is 0 Å². The van der Waals surface area contributed by atoms with Crippen molar-refractivity contribution < 1.29 is 9.59 Å². The van der Waals surface area contributed by atoms with Crippen LogP contribution >= 0.6 is 0 Å². The number of pyridine rings is 1. The van der Waals surface area contributed by atoms with Crippen LogP contribution in [0.4, 0.5) is 0 Å². The van der Waals surface area contributed by atoms with Crippen molar-refractivity contribution >= 4 is 11.8 Å². The van der Waals surface area contributed by atoms with Gasteiger partial charge in [0.15, 0.2) is 0 Å². The van der Waals surface area contributed by atoms with E-state index in [4.69, 9.17) is 0 Å². The highest BCUT2D eigenvalue weighted by Crippen LogP contribution is 2.29.